The molecule has 1 aromatic carbocycles. The molecule has 0 unspecified atom stereocenters. The molecule has 0 saturated carbocycles. The van der Waals surface area contributed by atoms with Crippen molar-refractivity contribution in [2.45, 2.75) is 12.5 Å². The summed E-state index contributed by atoms with van der Waals surface area (Å²) in [5, 5.41) is 18.2. The number of carbonyl (C=O) groups is 3. The Balaban J connectivity index is 2.43. The first-order chi connectivity index (χ1) is 13.2. The van der Waals surface area contributed by atoms with Crippen LogP contribution in [0.25, 0.3) is 6.08 Å². The number of aliphatic carboxylic acids is 2. The lowest BCUT2D eigenvalue weighted by atomic mass is 10.1. The third-order valence-corrected chi connectivity index (χ3v) is 5.10. The maximum atomic E-state index is 12.7. The van der Waals surface area contributed by atoms with Gasteiger partial charge in [0.1, 0.15) is 10.4 Å². The highest BCUT2D eigenvalue weighted by Crippen LogP contribution is 2.40. The molecule has 0 aromatic heterocycles. The van der Waals surface area contributed by atoms with Gasteiger partial charge in [0.15, 0.2) is 11.5 Å². The number of benzene rings is 1. The minimum Gasteiger partial charge on any atom is -0.493 e. The monoisotopic (exact) mass is 427 g/mol. The average Bonchev–Trinajstić information content (AvgIpc) is 2.91. The molecule has 150 valence electrons. The molecule has 1 fully saturated rings. The molecule has 2 N–H and O–H groups in total. The van der Waals surface area contributed by atoms with Gasteiger partial charge in [-0.05, 0) is 23.8 Å². The van der Waals surface area contributed by atoms with Crippen LogP contribution in [0.4, 0.5) is 0 Å². The quantitative estimate of drug-likeness (QED) is 0.469. The number of nitrogens with zero attached hydrogens (tertiary/aromatic N) is 1. The Bertz CT molecular complexity index is 842. The van der Waals surface area contributed by atoms with Crippen LogP contribution < -0.4 is 14.2 Å². The molecule has 0 spiro atoms. The molecule has 28 heavy (non-hydrogen) atoms. The second-order valence-corrected chi connectivity index (χ2v) is 7.14. The number of carbonyl (C=O) groups excluding carboxylic acids is 1. The number of rotatable bonds is 8. The minimum atomic E-state index is -1.59. The van der Waals surface area contributed by atoms with Gasteiger partial charge in [-0.1, -0.05) is 24.0 Å². The number of carboxylic acid groups (broad SMARTS) is 2. The van der Waals surface area contributed by atoms with E-state index in [-0.39, 0.29) is 9.23 Å². The Morgan fingerprint density at radius 3 is 2.18 bits per heavy atom. The number of ether oxygens (including phenoxy) is 3. The summed E-state index contributed by atoms with van der Waals surface area (Å²) >= 11 is 5.98. The number of amides is 1. The highest BCUT2D eigenvalue weighted by Gasteiger charge is 2.41. The van der Waals surface area contributed by atoms with Crippen LogP contribution in [0.5, 0.6) is 17.2 Å². The molecule has 11 heteroatoms. The summed E-state index contributed by atoms with van der Waals surface area (Å²) in [6, 6.07) is 1.63. The van der Waals surface area contributed by atoms with Gasteiger partial charge in [-0.2, -0.15) is 0 Å². The Kier molecular flexibility index (Phi) is 6.86. The molecule has 1 saturated heterocycles. The number of hydrogen-bond donors (Lipinski definition) is 2. The van der Waals surface area contributed by atoms with Crippen molar-refractivity contribution in [3.63, 3.8) is 0 Å². The zero-order valence-corrected chi connectivity index (χ0v) is 16.8. The van der Waals surface area contributed by atoms with Crippen LogP contribution in [0, 0.1) is 0 Å². The number of carboxylic acids is 2. The van der Waals surface area contributed by atoms with Crippen LogP contribution in [0.1, 0.15) is 12.0 Å². The van der Waals surface area contributed by atoms with Crippen LogP contribution in [-0.2, 0) is 14.4 Å². The SMILES string of the molecule is COc1cc(/C=C2\SC(=S)N([C@H](CC(=O)O)C(=O)O)C2=O)cc(OC)c1OC. The van der Waals surface area contributed by atoms with E-state index in [0.29, 0.717) is 22.8 Å². The maximum Gasteiger partial charge on any atom is 0.327 e. The minimum absolute atomic E-state index is 0.0302. The van der Waals surface area contributed by atoms with Crippen molar-refractivity contribution in [2.24, 2.45) is 0 Å². The van der Waals surface area contributed by atoms with Crippen LogP contribution in [0.3, 0.4) is 0 Å². The number of hydrogen-bond acceptors (Lipinski definition) is 8. The van der Waals surface area contributed by atoms with E-state index in [0.717, 1.165) is 16.7 Å². The zero-order valence-electron chi connectivity index (χ0n) is 15.1. The van der Waals surface area contributed by atoms with Crippen molar-refractivity contribution < 1.29 is 38.8 Å². The van der Waals surface area contributed by atoms with Crippen molar-refractivity contribution in [3.8, 4) is 17.2 Å². The van der Waals surface area contributed by atoms with E-state index in [9.17, 15) is 19.5 Å². The zero-order chi connectivity index (χ0) is 21.0. The largest absolute Gasteiger partial charge is 0.493 e. The average molecular weight is 427 g/mol. The lowest BCUT2D eigenvalue weighted by Gasteiger charge is -2.21. The summed E-state index contributed by atoms with van der Waals surface area (Å²) in [6.07, 6.45) is 0.725. The topological polar surface area (TPSA) is 123 Å². The van der Waals surface area contributed by atoms with Gasteiger partial charge in [0, 0.05) is 0 Å². The normalized spacial score (nSPS) is 16.2. The predicted octanol–water partition coefficient (Wildman–Crippen LogP) is 1.84. The summed E-state index contributed by atoms with van der Waals surface area (Å²) < 4.78 is 15.7. The fourth-order valence-electron chi connectivity index (χ4n) is 2.54. The Labute approximate surface area is 169 Å². The molecule has 0 radical (unpaired) electrons. The molecule has 1 aromatic rings. The summed E-state index contributed by atoms with van der Waals surface area (Å²) in [7, 11) is 4.35. The fraction of sp³-hybridized carbons (Fsp3) is 0.294. The summed E-state index contributed by atoms with van der Waals surface area (Å²) in [5.41, 5.74) is 0.528. The molecule has 2 rings (SSSR count). The van der Waals surface area contributed by atoms with Crippen LogP contribution in [0.2, 0.25) is 0 Å². The van der Waals surface area contributed by atoms with Gasteiger partial charge in [-0.25, -0.2) is 4.79 Å². The molecular formula is C17H17NO8S2. The molecule has 9 nitrogen and oxygen atoms in total. The Morgan fingerprint density at radius 2 is 1.75 bits per heavy atom. The maximum absolute atomic E-state index is 12.7. The highest BCUT2D eigenvalue weighted by molar-refractivity contribution is 8.26. The number of methoxy groups -OCH3 is 3. The molecular weight excluding hydrogens is 410 g/mol. The van der Waals surface area contributed by atoms with Crippen molar-refractivity contribution >= 4 is 52.2 Å². The van der Waals surface area contributed by atoms with E-state index in [1.54, 1.807) is 12.1 Å². The Hall–Kier alpha value is -2.79. The molecule has 0 aliphatic carbocycles. The van der Waals surface area contributed by atoms with Crippen molar-refractivity contribution in [3.05, 3.63) is 22.6 Å². The summed E-state index contributed by atoms with van der Waals surface area (Å²) in [5.74, 6) is -2.36. The highest BCUT2D eigenvalue weighted by atomic mass is 32.2. The van der Waals surface area contributed by atoms with Gasteiger partial charge >= 0.3 is 11.9 Å². The van der Waals surface area contributed by atoms with E-state index in [2.05, 4.69) is 0 Å². The van der Waals surface area contributed by atoms with Crippen molar-refractivity contribution in [2.75, 3.05) is 21.3 Å². The third kappa shape index (κ3) is 4.37. The standard InChI is InChI=1S/C17H17NO8S2/c1-24-10-4-8(5-11(25-2)14(10)26-3)6-12-15(21)18(17(27)28-12)9(16(22)23)7-13(19)20/h4-6,9H,7H2,1-3H3,(H,19,20)(H,22,23)/b12-6-/t9-/m1/s1. The molecule has 0 bridgehead atoms. The van der Waals surface area contributed by atoms with Crippen LogP contribution in [-0.4, -0.2) is 64.7 Å². The molecule has 1 aliphatic rings. The first-order valence-corrected chi connectivity index (χ1v) is 8.97. The van der Waals surface area contributed by atoms with Crippen LogP contribution >= 0.6 is 24.0 Å². The smallest absolute Gasteiger partial charge is 0.327 e. The number of thiocarbonyl (C=S) groups is 1. The van der Waals surface area contributed by atoms with Gasteiger partial charge in [-0.15, -0.1) is 0 Å². The van der Waals surface area contributed by atoms with E-state index < -0.39 is 30.3 Å². The first kappa shape index (κ1) is 21.5. The molecule has 1 aliphatic heterocycles. The van der Waals surface area contributed by atoms with Crippen molar-refractivity contribution in [1.82, 2.24) is 4.90 Å². The van der Waals surface area contributed by atoms with Gasteiger partial charge in [0.25, 0.3) is 5.91 Å². The van der Waals surface area contributed by atoms with Gasteiger partial charge in [-0.3, -0.25) is 14.5 Å². The van der Waals surface area contributed by atoms with E-state index in [4.69, 9.17) is 31.5 Å². The predicted molar refractivity (Wildman–Crippen MR) is 105 cm³/mol. The summed E-state index contributed by atoms with van der Waals surface area (Å²) in [4.78, 5) is 36.0. The second kappa shape index (κ2) is 8.93. The van der Waals surface area contributed by atoms with E-state index in [1.807, 2.05) is 0 Å². The molecule has 1 heterocycles. The Morgan fingerprint density at radius 1 is 1.18 bits per heavy atom. The molecule has 1 atom stereocenters. The van der Waals surface area contributed by atoms with Gasteiger partial charge < -0.3 is 24.4 Å². The van der Waals surface area contributed by atoms with Crippen LogP contribution in [0.15, 0.2) is 17.0 Å². The molecule has 1 amide bonds. The van der Waals surface area contributed by atoms with E-state index in [1.165, 1.54) is 27.4 Å². The van der Waals surface area contributed by atoms with Gasteiger partial charge in [0.2, 0.25) is 5.75 Å². The van der Waals surface area contributed by atoms with E-state index >= 15 is 0 Å². The lowest BCUT2D eigenvalue weighted by molar-refractivity contribution is -0.150. The summed E-state index contributed by atoms with van der Waals surface area (Å²) in [6.45, 7) is 0. The number of thioether (sulfide) groups is 1. The first-order valence-electron chi connectivity index (χ1n) is 7.75. The lowest BCUT2D eigenvalue weighted by Crippen LogP contribution is -2.45. The van der Waals surface area contributed by atoms with Gasteiger partial charge in [0.05, 0.1) is 32.7 Å². The fourth-order valence-corrected chi connectivity index (χ4v) is 3.90. The third-order valence-electron chi connectivity index (χ3n) is 3.77. The van der Waals surface area contributed by atoms with Crippen molar-refractivity contribution in [1.29, 1.82) is 0 Å². The second-order valence-electron chi connectivity index (χ2n) is 5.46.